The van der Waals surface area contributed by atoms with E-state index in [9.17, 15) is 9.59 Å². The Bertz CT molecular complexity index is 428. The van der Waals surface area contributed by atoms with Crippen molar-refractivity contribution in [1.82, 2.24) is 15.5 Å². The normalized spacial score (nSPS) is 10.1. The number of carbonyl (C=O) groups excluding carboxylic acids is 2. The van der Waals surface area contributed by atoms with Gasteiger partial charge in [0.1, 0.15) is 12.0 Å². The van der Waals surface area contributed by atoms with Gasteiger partial charge in [-0.25, -0.2) is 9.59 Å². The van der Waals surface area contributed by atoms with Gasteiger partial charge in [0.05, 0.1) is 19.2 Å². The van der Waals surface area contributed by atoms with Crippen LogP contribution in [-0.4, -0.2) is 51.2 Å². The minimum Gasteiger partial charge on any atom is -0.467 e. The van der Waals surface area contributed by atoms with Crippen LogP contribution < -0.4 is 10.6 Å². The molecule has 0 spiro atoms. The summed E-state index contributed by atoms with van der Waals surface area (Å²) in [6.07, 6.45) is 1.36. The minimum atomic E-state index is -0.423. The van der Waals surface area contributed by atoms with E-state index in [2.05, 4.69) is 15.4 Å². The Kier molecular flexibility index (Phi) is 5.87. The molecule has 19 heavy (non-hydrogen) atoms. The first kappa shape index (κ1) is 15.0. The average molecular weight is 269 g/mol. The molecule has 106 valence electrons. The Balaban J connectivity index is 2.21. The van der Waals surface area contributed by atoms with E-state index in [4.69, 9.17) is 4.42 Å². The van der Waals surface area contributed by atoms with E-state index in [0.29, 0.717) is 31.0 Å². The highest BCUT2D eigenvalue weighted by Gasteiger charge is 2.09. The van der Waals surface area contributed by atoms with Crippen molar-refractivity contribution in [3.63, 3.8) is 0 Å². The van der Waals surface area contributed by atoms with Crippen molar-refractivity contribution in [1.29, 1.82) is 0 Å². The lowest BCUT2D eigenvalue weighted by atomic mass is 10.3. The molecular weight excluding hydrogens is 250 g/mol. The van der Waals surface area contributed by atoms with Crippen molar-refractivity contribution < 1.29 is 18.7 Å². The first-order chi connectivity index (χ1) is 9.04. The molecule has 0 fully saturated rings. The number of nitrogens with zero attached hydrogens (tertiary/aromatic N) is 1. The van der Waals surface area contributed by atoms with Crippen molar-refractivity contribution in [2.24, 2.45) is 0 Å². The van der Waals surface area contributed by atoms with Gasteiger partial charge in [0.25, 0.3) is 0 Å². The molecule has 1 aromatic heterocycles. The van der Waals surface area contributed by atoms with Crippen LogP contribution in [0.3, 0.4) is 0 Å². The number of ether oxygens (including phenoxy) is 1. The number of esters is 1. The van der Waals surface area contributed by atoms with Gasteiger partial charge in [-0.3, -0.25) is 0 Å². The summed E-state index contributed by atoms with van der Waals surface area (Å²) in [5.74, 6) is 0.215. The van der Waals surface area contributed by atoms with Gasteiger partial charge in [0, 0.05) is 27.2 Å². The van der Waals surface area contributed by atoms with Crippen LogP contribution >= 0.6 is 0 Å². The molecule has 2 amide bonds. The third-order valence-electron chi connectivity index (χ3n) is 2.36. The SMILES string of the molecule is COC(=O)c1coc(CNCCNC(=O)N(C)C)c1. The van der Waals surface area contributed by atoms with Gasteiger partial charge < -0.3 is 24.7 Å². The molecule has 0 aromatic carbocycles. The highest BCUT2D eigenvalue weighted by molar-refractivity contribution is 5.88. The number of furan rings is 1. The fourth-order valence-corrected chi connectivity index (χ4v) is 1.33. The quantitative estimate of drug-likeness (QED) is 0.578. The Morgan fingerprint density at radius 2 is 2.11 bits per heavy atom. The third kappa shape index (κ3) is 5.01. The number of hydrogen-bond acceptors (Lipinski definition) is 5. The summed E-state index contributed by atoms with van der Waals surface area (Å²) in [5, 5.41) is 5.81. The zero-order valence-electron chi connectivity index (χ0n) is 11.4. The van der Waals surface area contributed by atoms with Crippen LogP contribution in [0.25, 0.3) is 0 Å². The van der Waals surface area contributed by atoms with Gasteiger partial charge in [0.15, 0.2) is 0 Å². The molecule has 7 nitrogen and oxygen atoms in total. The number of urea groups is 1. The molecule has 1 heterocycles. The Morgan fingerprint density at radius 1 is 1.37 bits per heavy atom. The summed E-state index contributed by atoms with van der Waals surface area (Å²) in [5.41, 5.74) is 0.389. The molecule has 7 heteroatoms. The number of amides is 2. The van der Waals surface area contributed by atoms with Crippen molar-refractivity contribution in [2.45, 2.75) is 6.54 Å². The Hall–Kier alpha value is -2.02. The molecule has 0 unspecified atom stereocenters. The topological polar surface area (TPSA) is 83.8 Å². The Morgan fingerprint density at radius 3 is 2.74 bits per heavy atom. The molecule has 0 aliphatic heterocycles. The van der Waals surface area contributed by atoms with Crippen LogP contribution in [0.4, 0.5) is 4.79 Å². The molecular formula is C12H19N3O4. The lowest BCUT2D eigenvalue weighted by Crippen LogP contribution is -2.38. The molecule has 0 saturated heterocycles. The van der Waals surface area contributed by atoms with Crippen LogP contribution in [0.2, 0.25) is 0 Å². The van der Waals surface area contributed by atoms with Gasteiger partial charge in [0.2, 0.25) is 0 Å². The predicted octanol–water partition coefficient (Wildman–Crippen LogP) is 0.427. The van der Waals surface area contributed by atoms with E-state index in [1.165, 1.54) is 18.3 Å². The van der Waals surface area contributed by atoms with E-state index in [-0.39, 0.29) is 6.03 Å². The maximum Gasteiger partial charge on any atom is 0.341 e. The zero-order chi connectivity index (χ0) is 14.3. The molecule has 0 radical (unpaired) electrons. The predicted molar refractivity (Wildman–Crippen MR) is 68.8 cm³/mol. The molecule has 0 aliphatic rings. The monoisotopic (exact) mass is 269 g/mol. The summed E-state index contributed by atoms with van der Waals surface area (Å²) < 4.78 is 9.76. The largest absolute Gasteiger partial charge is 0.467 e. The lowest BCUT2D eigenvalue weighted by Gasteiger charge is -2.11. The van der Waals surface area contributed by atoms with Crippen molar-refractivity contribution in [3.05, 3.63) is 23.7 Å². The maximum atomic E-state index is 11.2. The molecule has 0 atom stereocenters. The third-order valence-corrected chi connectivity index (χ3v) is 2.36. The van der Waals surface area contributed by atoms with Gasteiger partial charge >= 0.3 is 12.0 Å². The first-order valence-electron chi connectivity index (χ1n) is 5.86. The summed E-state index contributed by atoms with van der Waals surface area (Å²) in [6.45, 7) is 1.60. The Labute approximate surface area is 111 Å². The number of hydrogen-bond donors (Lipinski definition) is 2. The smallest absolute Gasteiger partial charge is 0.341 e. The second-order valence-electron chi connectivity index (χ2n) is 4.10. The average Bonchev–Trinajstić information content (AvgIpc) is 2.85. The van der Waals surface area contributed by atoms with E-state index in [1.54, 1.807) is 20.2 Å². The van der Waals surface area contributed by atoms with Crippen LogP contribution in [-0.2, 0) is 11.3 Å². The van der Waals surface area contributed by atoms with Crippen LogP contribution in [0.1, 0.15) is 16.1 Å². The number of methoxy groups -OCH3 is 1. The minimum absolute atomic E-state index is 0.132. The second-order valence-corrected chi connectivity index (χ2v) is 4.10. The van der Waals surface area contributed by atoms with Crippen LogP contribution in [0, 0.1) is 0 Å². The summed E-state index contributed by atoms with van der Waals surface area (Å²) in [7, 11) is 4.68. The van der Waals surface area contributed by atoms with E-state index in [1.807, 2.05) is 0 Å². The van der Waals surface area contributed by atoms with Crippen molar-refractivity contribution >= 4 is 12.0 Å². The molecule has 0 bridgehead atoms. The van der Waals surface area contributed by atoms with Gasteiger partial charge in [-0.2, -0.15) is 0 Å². The zero-order valence-corrected chi connectivity index (χ0v) is 11.4. The van der Waals surface area contributed by atoms with Crippen LogP contribution in [0.5, 0.6) is 0 Å². The lowest BCUT2D eigenvalue weighted by molar-refractivity contribution is 0.0600. The maximum absolute atomic E-state index is 11.2. The fraction of sp³-hybridized carbons (Fsp3) is 0.500. The molecule has 2 N–H and O–H groups in total. The summed E-state index contributed by atoms with van der Waals surface area (Å²) in [4.78, 5) is 23.9. The van der Waals surface area contributed by atoms with Gasteiger partial charge in [-0.15, -0.1) is 0 Å². The van der Waals surface area contributed by atoms with Gasteiger partial charge in [-0.1, -0.05) is 0 Å². The number of nitrogens with one attached hydrogen (secondary N) is 2. The molecule has 0 aliphatic carbocycles. The highest BCUT2D eigenvalue weighted by atomic mass is 16.5. The van der Waals surface area contributed by atoms with Crippen molar-refractivity contribution in [3.8, 4) is 0 Å². The molecule has 0 saturated carbocycles. The fourth-order valence-electron chi connectivity index (χ4n) is 1.33. The highest BCUT2D eigenvalue weighted by Crippen LogP contribution is 2.08. The summed E-state index contributed by atoms with van der Waals surface area (Å²) >= 11 is 0. The van der Waals surface area contributed by atoms with Crippen molar-refractivity contribution in [2.75, 3.05) is 34.3 Å². The summed E-state index contributed by atoms with van der Waals surface area (Å²) in [6, 6.07) is 1.49. The van der Waals surface area contributed by atoms with E-state index >= 15 is 0 Å². The second kappa shape index (κ2) is 7.42. The van der Waals surface area contributed by atoms with E-state index < -0.39 is 5.97 Å². The standard InChI is InChI=1S/C12H19N3O4/c1-15(2)12(17)14-5-4-13-7-10-6-9(8-19-10)11(16)18-3/h6,8,13H,4-5,7H2,1-3H3,(H,14,17). The van der Waals surface area contributed by atoms with Crippen LogP contribution in [0.15, 0.2) is 16.7 Å². The molecule has 1 rings (SSSR count). The number of rotatable bonds is 6. The molecule has 1 aromatic rings. The van der Waals surface area contributed by atoms with E-state index in [0.717, 1.165) is 0 Å². The first-order valence-corrected chi connectivity index (χ1v) is 5.86. The number of carbonyl (C=O) groups is 2. The van der Waals surface area contributed by atoms with Gasteiger partial charge in [-0.05, 0) is 6.07 Å².